The van der Waals surface area contributed by atoms with Gasteiger partial charge < -0.3 is 9.52 Å². The molecule has 0 bridgehead atoms. The number of halogens is 1. The number of oxazole rings is 1. The fourth-order valence-electron chi connectivity index (χ4n) is 1.16. The number of hydrogen-bond acceptors (Lipinski definition) is 3. The largest absolute Gasteiger partial charge is 0.507 e. The van der Waals surface area contributed by atoms with E-state index in [0.29, 0.717) is 16.5 Å². The van der Waals surface area contributed by atoms with E-state index in [-0.39, 0.29) is 5.75 Å². The van der Waals surface area contributed by atoms with Gasteiger partial charge in [0.1, 0.15) is 12.0 Å². The molecule has 0 aliphatic rings. The quantitative estimate of drug-likeness (QED) is 0.785. The van der Waals surface area contributed by atoms with Gasteiger partial charge in [-0.3, -0.25) is 0 Å². The number of phenolic OH excluding ortho intramolecular Hbond substituents is 1. The van der Waals surface area contributed by atoms with Gasteiger partial charge in [-0.1, -0.05) is 11.6 Å². The van der Waals surface area contributed by atoms with Gasteiger partial charge in [0.2, 0.25) is 5.89 Å². The summed E-state index contributed by atoms with van der Waals surface area (Å²) in [6.07, 6.45) is 1.52. The lowest BCUT2D eigenvalue weighted by molar-refractivity contribution is 0.473. The van der Waals surface area contributed by atoms with Crippen molar-refractivity contribution in [3.05, 3.63) is 35.2 Å². The maximum Gasteiger partial charge on any atom is 0.229 e. The number of aromatic hydroxyl groups is 1. The molecule has 72 valence electrons. The standard InChI is InChI=1S/C10H8ClNO2/c1-6-5-14-10(12-6)8-4-7(11)2-3-9(8)13/h2-5,13H,1H3. The molecule has 0 aliphatic carbocycles. The third-order valence-corrected chi connectivity index (χ3v) is 2.04. The normalized spacial score (nSPS) is 10.4. The van der Waals surface area contributed by atoms with Crippen molar-refractivity contribution in [2.45, 2.75) is 6.92 Å². The first-order valence-electron chi connectivity index (χ1n) is 4.08. The van der Waals surface area contributed by atoms with Crippen molar-refractivity contribution in [1.29, 1.82) is 0 Å². The Labute approximate surface area is 86.0 Å². The summed E-state index contributed by atoms with van der Waals surface area (Å²) < 4.78 is 5.16. The second kappa shape index (κ2) is 3.35. The Morgan fingerprint density at radius 3 is 2.86 bits per heavy atom. The summed E-state index contributed by atoms with van der Waals surface area (Å²) in [5.41, 5.74) is 1.27. The van der Waals surface area contributed by atoms with Crippen molar-refractivity contribution in [3.63, 3.8) is 0 Å². The number of aryl methyl sites for hydroxylation is 1. The maximum atomic E-state index is 9.54. The van der Waals surface area contributed by atoms with Crippen LogP contribution in [0.4, 0.5) is 0 Å². The lowest BCUT2D eigenvalue weighted by Gasteiger charge is -1.99. The molecule has 0 aliphatic heterocycles. The summed E-state index contributed by atoms with van der Waals surface area (Å²) in [5, 5.41) is 10.1. The predicted octanol–water partition coefficient (Wildman–Crippen LogP) is 3.01. The average Bonchev–Trinajstić information content (AvgIpc) is 2.56. The van der Waals surface area contributed by atoms with Gasteiger partial charge in [-0.25, -0.2) is 4.98 Å². The van der Waals surface area contributed by atoms with Crippen LogP contribution in [0.2, 0.25) is 5.02 Å². The average molecular weight is 210 g/mol. The van der Waals surface area contributed by atoms with Gasteiger partial charge in [-0.05, 0) is 25.1 Å². The van der Waals surface area contributed by atoms with Gasteiger partial charge in [0.05, 0.1) is 11.3 Å². The maximum absolute atomic E-state index is 9.54. The fraction of sp³-hybridized carbons (Fsp3) is 0.100. The molecule has 0 radical (unpaired) electrons. The molecule has 0 saturated carbocycles. The number of phenols is 1. The van der Waals surface area contributed by atoms with Crippen LogP contribution < -0.4 is 0 Å². The minimum absolute atomic E-state index is 0.108. The topological polar surface area (TPSA) is 46.3 Å². The first-order valence-corrected chi connectivity index (χ1v) is 4.45. The Morgan fingerprint density at radius 1 is 1.43 bits per heavy atom. The van der Waals surface area contributed by atoms with Crippen molar-refractivity contribution >= 4 is 11.6 Å². The molecule has 2 aromatic rings. The molecule has 3 nitrogen and oxygen atoms in total. The van der Waals surface area contributed by atoms with Crippen LogP contribution >= 0.6 is 11.6 Å². The summed E-state index contributed by atoms with van der Waals surface area (Å²) in [5.74, 6) is 0.485. The Bertz CT molecular complexity index is 465. The fourth-order valence-corrected chi connectivity index (χ4v) is 1.33. The van der Waals surface area contributed by atoms with Gasteiger partial charge >= 0.3 is 0 Å². The second-order valence-corrected chi connectivity index (χ2v) is 3.39. The zero-order valence-electron chi connectivity index (χ0n) is 7.49. The van der Waals surface area contributed by atoms with Crippen LogP contribution in [0, 0.1) is 6.92 Å². The van der Waals surface area contributed by atoms with Crippen LogP contribution in [0.15, 0.2) is 28.9 Å². The molecular formula is C10H8ClNO2. The predicted molar refractivity (Wildman–Crippen MR) is 53.4 cm³/mol. The molecule has 14 heavy (non-hydrogen) atoms. The summed E-state index contributed by atoms with van der Waals surface area (Å²) in [7, 11) is 0. The SMILES string of the molecule is Cc1coc(-c2cc(Cl)ccc2O)n1. The molecule has 1 heterocycles. The Balaban J connectivity index is 2.55. The van der Waals surface area contributed by atoms with Crippen molar-refractivity contribution in [2.24, 2.45) is 0 Å². The third-order valence-electron chi connectivity index (χ3n) is 1.81. The lowest BCUT2D eigenvalue weighted by Crippen LogP contribution is -1.79. The van der Waals surface area contributed by atoms with E-state index in [2.05, 4.69) is 4.98 Å². The number of benzene rings is 1. The first-order chi connectivity index (χ1) is 6.66. The molecule has 1 aromatic heterocycles. The van der Waals surface area contributed by atoms with Crippen molar-refractivity contribution in [1.82, 2.24) is 4.98 Å². The summed E-state index contributed by atoms with van der Waals surface area (Å²) in [4.78, 5) is 4.10. The van der Waals surface area contributed by atoms with Gasteiger partial charge in [0.15, 0.2) is 0 Å². The van der Waals surface area contributed by atoms with E-state index >= 15 is 0 Å². The van der Waals surface area contributed by atoms with Gasteiger partial charge in [-0.15, -0.1) is 0 Å². The van der Waals surface area contributed by atoms with Crippen molar-refractivity contribution in [3.8, 4) is 17.2 Å². The lowest BCUT2D eigenvalue weighted by atomic mass is 10.2. The minimum atomic E-state index is 0.108. The van der Waals surface area contributed by atoms with E-state index in [9.17, 15) is 5.11 Å². The van der Waals surface area contributed by atoms with Crippen molar-refractivity contribution < 1.29 is 9.52 Å². The van der Waals surface area contributed by atoms with E-state index in [1.54, 1.807) is 12.1 Å². The zero-order chi connectivity index (χ0) is 10.1. The highest BCUT2D eigenvalue weighted by Crippen LogP contribution is 2.30. The highest BCUT2D eigenvalue weighted by atomic mass is 35.5. The first kappa shape index (κ1) is 9.09. The molecule has 4 heteroatoms. The van der Waals surface area contributed by atoms with Gasteiger partial charge in [0.25, 0.3) is 0 Å². The van der Waals surface area contributed by atoms with E-state index in [0.717, 1.165) is 5.69 Å². The van der Waals surface area contributed by atoms with Crippen LogP contribution in [0.5, 0.6) is 5.75 Å². The molecule has 0 fully saturated rings. The summed E-state index contributed by atoms with van der Waals surface area (Å²) in [6.45, 7) is 1.81. The Morgan fingerprint density at radius 2 is 2.21 bits per heavy atom. The smallest absolute Gasteiger partial charge is 0.229 e. The Kier molecular flexibility index (Phi) is 2.17. The van der Waals surface area contributed by atoms with Crippen molar-refractivity contribution in [2.75, 3.05) is 0 Å². The molecule has 0 unspecified atom stereocenters. The number of rotatable bonds is 1. The molecule has 0 spiro atoms. The van der Waals surface area contributed by atoms with Gasteiger partial charge in [0, 0.05) is 5.02 Å². The Hall–Kier alpha value is -1.48. The second-order valence-electron chi connectivity index (χ2n) is 2.96. The van der Waals surface area contributed by atoms with E-state index in [4.69, 9.17) is 16.0 Å². The van der Waals surface area contributed by atoms with E-state index < -0.39 is 0 Å². The summed E-state index contributed by atoms with van der Waals surface area (Å²) in [6, 6.07) is 4.73. The van der Waals surface area contributed by atoms with Crippen LogP contribution in [0.1, 0.15) is 5.69 Å². The third kappa shape index (κ3) is 1.59. The molecule has 0 atom stereocenters. The van der Waals surface area contributed by atoms with E-state index in [1.807, 2.05) is 6.92 Å². The van der Waals surface area contributed by atoms with Crippen LogP contribution in [0.3, 0.4) is 0 Å². The van der Waals surface area contributed by atoms with Crippen LogP contribution in [-0.4, -0.2) is 10.1 Å². The molecule has 1 aromatic carbocycles. The van der Waals surface area contributed by atoms with Gasteiger partial charge in [-0.2, -0.15) is 0 Å². The van der Waals surface area contributed by atoms with E-state index in [1.165, 1.54) is 12.3 Å². The zero-order valence-corrected chi connectivity index (χ0v) is 8.25. The van der Waals surface area contributed by atoms with Crippen LogP contribution in [0.25, 0.3) is 11.5 Å². The molecule has 0 saturated heterocycles. The molecule has 0 amide bonds. The van der Waals surface area contributed by atoms with Crippen LogP contribution in [-0.2, 0) is 0 Å². The molecule has 2 rings (SSSR count). The monoisotopic (exact) mass is 209 g/mol. The minimum Gasteiger partial charge on any atom is -0.507 e. The highest BCUT2D eigenvalue weighted by molar-refractivity contribution is 6.30. The number of hydrogen-bond donors (Lipinski definition) is 1. The number of nitrogens with zero attached hydrogens (tertiary/aromatic N) is 1. The molecular weight excluding hydrogens is 202 g/mol. The molecule has 1 N–H and O–H groups in total. The highest BCUT2D eigenvalue weighted by Gasteiger charge is 2.09. The number of aromatic nitrogens is 1. The summed E-state index contributed by atoms with van der Waals surface area (Å²) >= 11 is 5.79.